The molecule has 8 heteroatoms. The summed E-state index contributed by atoms with van der Waals surface area (Å²) in [5.74, 6) is -0.761. The van der Waals surface area contributed by atoms with Gasteiger partial charge in [-0.15, -0.1) is 0 Å². The van der Waals surface area contributed by atoms with E-state index in [1.54, 1.807) is 20.8 Å². The predicted molar refractivity (Wildman–Crippen MR) is 127 cm³/mol. The number of nitrogens with zero attached hydrogens (tertiary/aromatic N) is 1. The monoisotopic (exact) mass is 461 g/mol. The average Bonchev–Trinajstić information content (AvgIpc) is 3.59. The fraction of sp³-hybridized carbons (Fsp3) is 0.640. The van der Waals surface area contributed by atoms with Gasteiger partial charge in [0.1, 0.15) is 17.7 Å². The minimum absolute atomic E-state index is 0.125. The molecule has 1 aliphatic rings. The average molecular weight is 462 g/mol. The molecule has 184 valence electrons. The van der Waals surface area contributed by atoms with Crippen LogP contribution < -0.4 is 10.6 Å². The van der Waals surface area contributed by atoms with Crippen LogP contribution in [0.2, 0.25) is 0 Å². The van der Waals surface area contributed by atoms with Crippen molar-refractivity contribution in [3.63, 3.8) is 0 Å². The SMILES string of the molecule is CCCCNC(=O)C(c1ccc(CC)cc1)N(C(=O)C(CO)NC(=O)OC(C)(C)C)C1CC1. The zero-order valence-corrected chi connectivity index (χ0v) is 20.5. The molecule has 2 unspecified atom stereocenters. The van der Waals surface area contributed by atoms with Crippen LogP contribution in [-0.4, -0.2) is 58.8 Å². The van der Waals surface area contributed by atoms with Gasteiger partial charge in [-0.1, -0.05) is 44.5 Å². The maximum Gasteiger partial charge on any atom is 0.408 e. The first-order valence-electron chi connectivity index (χ1n) is 11.9. The highest BCUT2D eigenvalue weighted by molar-refractivity contribution is 5.92. The van der Waals surface area contributed by atoms with Gasteiger partial charge in [-0.2, -0.15) is 0 Å². The summed E-state index contributed by atoms with van der Waals surface area (Å²) in [7, 11) is 0. The van der Waals surface area contributed by atoms with Crippen LogP contribution in [0.5, 0.6) is 0 Å². The number of carbonyl (C=O) groups excluding carboxylic acids is 3. The molecule has 0 bridgehead atoms. The zero-order valence-electron chi connectivity index (χ0n) is 20.5. The number of aliphatic hydroxyl groups excluding tert-OH is 1. The van der Waals surface area contributed by atoms with Crippen molar-refractivity contribution in [1.82, 2.24) is 15.5 Å². The number of hydrogen-bond donors (Lipinski definition) is 3. The predicted octanol–water partition coefficient (Wildman–Crippen LogP) is 3.08. The molecule has 0 heterocycles. The van der Waals surface area contributed by atoms with Gasteiger partial charge >= 0.3 is 6.09 Å². The molecule has 1 fully saturated rings. The van der Waals surface area contributed by atoms with Crippen LogP contribution in [0.4, 0.5) is 4.79 Å². The van der Waals surface area contributed by atoms with Crippen molar-refractivity contribution < 1.29 is 24.2 Å². The van der Waals surface area contributed by atoms with Crippen LogP contribution in [0.15, 0.2) is 24.3 Å². The normalized spacial score (nSPS) is 15.3. The highest BCUT2D eigenvalue weighted by Crippen LogP contribution is 2.35. The molecule has 8 nitrogen and oxygen atoms in total. The van der Waals surface area contributed by atoms with Crippen molar-refractivity contribution in [2.24, 2.45) is 0 Å². The van der Waals surface area contributed by atoms with Crippen molar-refractivity contribution in [3.8, 4) is 0 Å². The first-order valence-corrected chi connectivity index (χ1v) is 11.9. The lowest BCUT2D eigenvalue weighted by molar-refractivity contribution is -0.144. The van der Waals surface area contributed by atoms with E-state index in [-0.39, 0.29) is 11.9 Å². The lowest BCUT2D eigenvalue weighted by Gasteiger charge is -2.34. The first-order chi connectivity index (χ1) is 15.6. The maximum absolute atomic E-state index is 13.5. The Morgan fingerprint density at radius 1 is 1.15 bits per heavy atom. The van der Waals surface area contributed by atoms with Gasteiger partial charge in [0.05, 0.1) is 6.61 Å². The smallest absolute Gasteiger partial charge is 0.408 e. The summed E-state index contributed by atoms with van der Waals surface area (Å²) in [5.41, 5.74) is 1.09. The molecule has 1 saturated carbocycles. The molecule has 0 aliphatic heterocycles. The van der Waals surface area contributed by atoms with E-state index in [0.29, 0.717) is 12.1 Å². The van der Waals surface area contributed by atoms with Crippen molar-refractivity contribution >= 4 is 17.9 Å². The van der Waals surface area contributed by atoms with Crippen molar-refractivity contribution in [2.75, 3.05) is 13.2 Å². The third-order valence-corrected chi connectivity index (χ3v) is 5.43. The number of ether oxygens (including phenoxy) is 1. The summed E-state index contributed by atoms with van der Waals surface area (Å²) in [6.45, 7) is 9.17. The molecule has 2 atom stereocenters. The molecule has 0 saturated heterocycles. The Bertz CT molecular complexity index is 799. The highest BCUT2D eigenvalue weighted by atomic mass is 16.6. The summed E-state index contributed by atoms with van der Waals surface area (Å²) in [4.78, 5) is 40.6. The van der Waals surface area contributed by atoms with Crippen LogP contribution in [0.1, 0.15) is 77.5 Å². The number of aryl methyl sites for hydroxylation is 1. The minimum atomic E-state index is -1.21. The summed E-state index contributed by atoms with van der Waals surface area (Å²) >= 11 is 0. The number of carbonyl (C=O) groups is 3. The molecule has 0 radical (unpaired) electrons. The summed E-state index contributed by atoms with van der Waals surface area (Å²) < 4.78 is 5.25. The van der Waals surface area contributed by atoms with Gasteiger partial charge in [-0.25, -0.2) is 4.79 Å². The van der Waals surface area contributed by atoms with Gasteiger partial charge < -0.3 is 25.4 Å². The summed E-state index contributed by atoms with van der Waals surface area (Å²) in [6, 6.07) is 5.49. The molecule has 1 aliphatic carbocycles. The van der Waals surface area contributed by atoms with Crippen molar-refractivity contribution in [2.45, 2.75) is 90.4 Å². The Hall–Kier alpha value is -2.61. The Morgan fingerprint density at radius 2 is 1.79 bits per heavy atom. The molecular formula is C25H39N3O5. The van der Waals surface area contributed by atoms with Gasteiger partial charge in [0.15, 0.2) is 0 Å². The largest absolute Gasteiger partial charge is 0.444 e. The quantitative estimate of drug-likeness (QED) is 0.439. The molecule has 2 rings (SSSR count). The number of amides is 3. The second-order valence-electron chi connectivity index (χ2n) is 9.50. The fourth-order valence-corrected chi connectivity index (χ4v) is 3.54. The van der Waals surface area contributed by atoms with E-state index in [1.807, 2.05) is 31.2 Å². The van der Waals surface area contributed by atoms with E-state index in [2.05, 4.69) is 17.6 Å². The Labute approximate surface area is 197 Å². The molecule has 33 heavy (non-hydrogen) atoms. The van der Waals surface area contributed by atoms with E-state index in [9.17, 15) is 19.5 Å². The standard InChI is InChI=1S/C25H39N3O5/c1-6-8-15-26-22(30)21(18-11-9-17(7-2)10-12-18)28(19-13-14-19)23(31)20(16-29)27-24(32)33-25(3,4)5/h9-12,19-21,29H,6-8,13-16H2,1-5H3,(H,26,30)(H,27,32). The Morgan fingerprint density at radius 3 is 2.27 bits per heavy atom. The number of unbranched alkanes of at least 4 members (excludes halogenated alkanes) is 1. The van der Waals surface area contributed by atoms with Crippen LogP contribution in [0, 0.1) is 0 Å². The van der Waals surface area contributed by atoms with E-state index in [4.69, 9.17) is 4.74 Å². The Kier molecular flexibility index (Phi) is 9.70. The topological polar surface area (TPSA) is 108 Å². The van der Waals surface area contributed by atoms with Crippen LogP contribution >= 0.6 is 0 Å². The number of alkyl carbamates (subject to hydrolysis) is 1. The van der Waals surface area contributed by atoms with Gasteiger partial charge in [-0.05, 0) is 57.6 Å². The third-order valence-electron chi connectivity index (χ3n) is 5.43. The molecule has 1 aromatic carbocycles. The van der Waals surface area contributed by atoms with Crippen molar-refractivity contribution in [1.29, 1.82) is 0 Å². The third kappa shape index (κ3) is 8.03. The van der Waals surface area contributed by atoms with Gasteiger partial charge in [-0.3, -0.25) is 9.59 Å². The molecule has 0 aromatic heterocycles. The Balaban J connectivity index is 2.33. The van der Waals surface area contributed by atoms with E-state index < -0.39 is 36.3 Å². The highest BCUT2D eigenvalue weighted by Gasteiger charge is 2.43. The van der Waals surface area contributed by atoms with Gasteiger partial charge in [0, 0.05) is 12.6 Å². The minimum Gasteiger partial charge on any atom is -0.444 e. The molecular weight excluding hydrogens is 422 g/mol. The number of rotatable bonds is 11. The summed E-state index contributed by atoms with van der Waals surface area (Å²) in [6.07, 6.45) is 3.38. The first kappa shape index (κ1) is 26.6. The van der Waals surface area contributed by atoms with Crippen molar-refractivity contribution in [3.05, 3.63) is 35.4 Å². The lowest BCUT2D eigenvalue weighted by Crippen LogP contribution is -2.55. The van der Waals surface area contributed by atoms with E-state index in [1.165, 1.54) is 4.90 Å². The number of aliphatic hydroxyl groups is 1. The molecule has 0 spiro atoms. The van der Waals surface area contributed by atoms with Crippen LogP contribution in [0.3, 0.4) is 0 Å². The molecule has 3 amide bonds. The number of nitrogens with one attached hydrogen (secondary N) is 2. The molecule has 1 aromatic rings. The van der Waals surface area contributed by atoms with Crippen LogP contribution in [0.25, 0.3) is 0 Å². The maximum atomic E-state index is 13.5. The number of benzene rings is 1. The second kappa shape index (κ2) is 12.0. The van der Waals surface area contributed by atoms with E-state index in [0.717, 1.165) is 37.7 Å². The lowest BCUT2D eigenvalue weighted by atomic mass is 10.0. The number of hydrogen-bond acceptors (Lipinski definition) is 5. The zero-order chi connectivity index (χ0) is 24.6. The second-order valence-corrected chi connectivity index (χ2v) is 9.50. The van der Waals surface area contributed by atoms with E-state index >= 15 is 0 Å². The fourth-order valence-electron chi connectivity index (χ4n) is 3.54. The molecule has 3 N–H and O–H groups in total. The summed E-state index contributed by atoms with van der Waals surface area (Å²) in [5, 5.41) is 15.3. The van der Waals surface area contributed by atoms with Gasteiger partial charge in [0.25, 0.3) is 0 Å². The van der Waals surface area contributed by atoms with Gasteiger partial charge in [0.2, 0.25) is 11.8 Å². The van der Waals surface area contributed by atoms with Crippen LogP contribution in [-0.2, 0) is 20.7 Å².